The standard InChI is InChI=1S/C17H18Cl2N2O/c18-14-10-6-11-15(19)16(14)21-17(22)20-12-5-4-9-13-7-2-1-3-8-13/h1-3,6-8,10-11H,4-5,9,12H2,(H2,20,21,22). The zero-order valence-corrected chi connectivity index (χ0v) is 13.6. The van der Waals surface area contributed by atoms with Crippen molar-refractivity contribution >= 4 is 34.9 Å². The van der Waals surface area contributed by atoms with Gasteiger partial charge in [0.05, 0.1) is 15.7 Å². The third kappa shape index (κ3) is 5.24. The Balaban J connectivity index is 1.68. The molecule has 3 nitrogen and oxygen atoms in total. The molecule has 2 rings (SSSR count). The van der Waals surface area contributed by atoms with Crippen molar-refractivity contribution < 1.29 is 4.79 Å². The molecule has 22 heavy (non-hydrogen) atoms. The summed E-state index contributed by atoms with van der Waals surface area (Å²) in [4.78, 5) is 11.8. The molecule has 2 N–H and O–H groups in total. The van der Waals surface area contributed by atoms with Crippen LogP contribution in [0.1, 0.15) is 18.4 Å². The zero-order chi connectivity index (χ0) is 15.8. The lowest BCUT2D eigenvalue weighted by Crippen LogP contribution is -2.29. The van der Waals surface area contributed by atoms with E-state index in [1.54, 1.807) is 18.2 Å². The van der Waals surface area contributed by atoms with E-state index in [4.69, 9.17) is 23.2 Å². The van der Waals surface area contributed by atoms with Gasteiger partial charge in [-0.15, -0.1) is 0 Å². The number of benzene rings is 2. The molecule has 5 heteroatoms. The predicted octanol–water partition coefficient (Wildman–Crippen LogP) is 5.14. The Morgan fingerprint density at radius 3 is 2.27 bits per heavy atom. The molecule has 0 aromatic heterocycles. The van der Waals surface area contributed by atoms with Crippen LogP contribution >= 0.6 is 23.2 Å². The molecule has 0 aliphatic carbocycles. The van der Waals surface area contributed by atoms with Gasteiger partial charge in [-0.2, -0.15) is 0 Å². The number of carbonyl (C=O) groups excluding carboxylic acids is 1. The van der Waals surface area contributed by atoms with Gasteiger partial charge in [0.15, 0.2) is 0 Å². The average Bonchev–Trinajstić information content (AvgIpc) is 2.52. The minimum atomic E-state index is -0.297. The second-order valence-electron chi connectivity index (χ2n) is 4.92. The van der Waals surface area contributed by atoms with E-state index in [0.29, 0.717) is 22.3 Å². The lowest BCUT2D eigenvalue weighted by atomic mass is 10.1. The van der Waals surface area contributed by atoms with Crippen molar-refractivity contribution in [3.63, 3.8) is 0 Å². The molecule has 2 aromatic carbocycles. The lowest BCUT2D eigenvalue weighted by Gasteiger charge is -2.10. The van der Waals surface area contributed by atoms with Crippen LogP contribution in [0.4, 0.5) is 10.5 Å². The molecule has 0 saturated heterocycles. The van der Waals surface area contributed by atoms with Crippen LogP contribution in [0.2, 0.25) is 10.0 Å². The fourth-order valence-electron chi connectivity index (χ4n) is 2.08. The molecule has 116 valence electrons. The summed E-state index contributed by atoms with van der Waals surface area (Å²) >= 11 is 12.0. The second-order valence-corrected chi connectivity index (χ2v) is 5.73. The molecule has 2 aromatic rings. The number of hydrogen-bond acceptors (Lipinski definition) is 1. The van der Waals surface area contributed by atoms with Crippen molar-refractivity contribution in [2.75, 3.05) is 11.9 Å². The summed E-state index contributed by atoms with van der Waals surface area (Å²) in [6.07, 6.45) is 2.95. The molecule has 0 radical (unpaired) electrons. The quantitative estimate of drug-likeness (QED) is 0.704. The molecule has 0 aliphatic rings. The number of unbranched alkanes of at least 4 members (excludes halogenated alkanes) is 1. The maximum atomic E-state index is 11.8. The number of halogens is 2. The van der Waals surface area contributed by atoms with Crippen LogP contribution in [0.15, 0.2) is 48.5 Å². The number of hydrogen-bond donors (Lipinski definition) is 2. The lowest BCUT2D eigenvalue weighted by molar-refractivity contribution is 0.252. The smallest absolute Gasteiger partial charge is 0.319 e. The van der Waals surface area contributed by atoms with Gasteiger partial charge in [0.2, 0.25) is 0 Å². The Morgan fingerprint density at radius 1 is 0.909 bits per heavy atom. The second kappa shape index (κ2) is 8.66. The monoisotopic (exact) mass is 336 g/mol. The maximum absolute atomic E-state index is 11.8. The first-order valence-electron chi connectivity index (χ1n) is 7.19. The molecule has 0 bridgehead atoms. The van der Waals surface area contributed by atoms with Gasteiger partial charge in [0.1, 0.15) is 0 Å². The molecule has 0 unspecified atom stereocenters. The van der Waals surface area contributed by atoms with Crippen LogP contribution < -0.4 is 10.6 Å². The van der Waals surface area contributed by atoms with E-state index in [-0.39, 0.29) is 6.03 Å². The van der Waals surface area contributed by atoms with Gasteiger partial charge in [-0.05, 0) is 37.0 Å². The van der Waals surface area contributed by atoms with Gasteiger partial charge in [0.25, 0.3) is 0 Å². The summed E-state index contributed by atoms with van der Waals surface area (Å²) in [7, 11) is 0. The number of para-hydroxylation sites is 1. The maximum Gasteiger partial charge on any atom is 0.319 e. The fraction of sp³-hybridized carbons (Fsp3) is 0.235. The van der Waals surface area contributed by atoms with Crippen molar-refractivity contribution in [2.45, 2.75) is 19.3 Å². The number of carbonyl (C=O) groups is 1. The largest absolute Gasteiger partial charge is 0.338 e. The van der Waals surface area contributed by atoms with Crippen molar-refractivity contribution in [1.82, 2.24) is 5.32 Å². The summed E-state index contributed by atoms with van der Waals surface area (Å²) in [5.74, 6) is 0. The van der Waals surface area contributed by atoms with E-state index in [1.165, 1.54) is 5.56 Å². The highest BCUT2D eigenvalue weighted by Gasteiger charge is 2.08. The van der Waals surface area contributed by atoms with Crippen LogP contribution in [-0.4, -0.2) is 12.6 Å². The van der Waals surface area contributed by atoms with Crippen molar-refractivity contribution in [1.29, 1.82) is 0 Å². The first-order chi connectivity index (χ1) is 10.7. The Morgan fingerprint density at radius 2 is 1.59 bits per heavy atom. The van der Waals surface area contributed by atoms with E-state index >= 15 is 0 Å². The predicted molar refractivity (Wildman–Crippen MR) is 92.9 cm³/mol. The molecular formula is C17H18Cl2N2O. The molecule has 0 fully saturated rings. The molecular weight excluding hydrogens is 319 g/mol. The number of rotatable bonds is 6. The van der Waals surface area contributed by atoms with Crippen molar-refractivity contribution in [2.24, 2.45) is 0 Å². The summed E-state index contributed by atoms with van der Waals surface area (Å²) in [5, 5.41) is 6.32. The normalized spacial score (nSPS) is 10.3. The molecule has 0 heterocycles. The molecule has 0 spiro atoms. The van der Waals surface area contributed by atoms with E-state index in [1.807, 2.05) is 18.2 Å². The minimum Gasteiger partial charge on any atom is -0.338 e. The van der Waals surface area contributed by atoms with E-state index < -0.39 is 0 Å². The highest BCUT2D eigenvalue weighted by Crippen LogP contribution is 2.29. The highest BCUT2D eigenvalue weighted by molar-refractivity contribution is 6.39. The summed E-state index contributed by atoms with van der Waals surface area (Å²) in [6, 6.07) is 15.1. The first kappa shape index (κ1) is 16.7. The number of urea groups is 1. The zero-order valence-electron chi connectivity index (χ0n) is 12.1. The Labute approximate surface area is 140 Å². The third-order valence-corrected chi connectivity index (χ3v) is 3.85. The van der Waals surface area contributed by atoms with Crippen LogP contribution in [0.25, 0.3) is 0 Å². The van der Waals surface area contributed by atoms with Gasteiger partial charge >= 0.3 is 6.03 Å². The number of anilines is 1. The summed E-state index contributed by atoms with van der Waals surface area (Å²) in [6.45, 7) is 0.612. The SMILES string of the molecule is O=C(NCCCCc1ccccc1)Nc1c(Cl)cccc1Cl. The van der Waals surface area contributed by atoms with Gasteiger partial charge in [-0.1, -0.05) is 59.6 Å². The third-order valence-electron chi connectivity index (χ3n) is 3.22. The molecule has 0 saturated carbocycles. The van der Waals surface area contributed by atoms with E-state index in [9.17, 15) is 4.79 Å². The minimum absolute atomic E-state index is 0.297. The Hall–Kier alpha value is -1.71. The van der Waals surface area contributed by atoms with Gasteiger partial charge in [-0.25, -0.2) is 4.79 Å². The van der Waals surface area contributed by atoms with E-state index in [0.717, 1.165) is 19.3 Å². The summed E-state index contributed by atoms with van der Waals surface area (Å²) < 4.78 is 0. The fourth-order valence-corrected chi connectivity index (χ4v) is 2.57. The Kier molecular flexibility index (Phi) is 6.56. The van der Waals surface area contributed by atoms with Gasteiger partial charge in [0, 0.05) is 6.54 Å². The highest BCUT2D eigenvalue weighted by atomic mass is 35.5. The molecule has 0 atom stereocenters. The average molecular weight is 337 g/mol. The van der Waals surface area contributed by atoms with Gasteiger partial charge in [-0.3, -0.25) is 0 Å². The van der Waals surface area contributed by atoms with Crippen molar-refractivity contribution in [3.8, 4) is 0 Å². The van der Waals surface area contributed by atoms with Crippen LogP contribution in [0.3, 0.4) is 0 Å². The first-order valence-corrected chi connectivity index (χ1v) is 7.95. The summed E-state index contributed by atoms with van der Waals surface area (Å²) in [5.41, 5.74) is 1.75. The molecule has 0 aliphatic heterocycles. The van der Waals surface area contributed by atoms with E-state index in [2.05, 4.69) is 22.8 Å². The topological polar surface area (TPSA) is 41.1 Å². The van der Waals surface area contributed by atoms with Crippen LogP contribution in [-0.2, 0) is 6.42 Å². The van der Waals surface area contributed by atoms with Gasteiger partial charge < -0.3 is 10.6 Å². The number of amides is 2. The van der Waals surface area contributed by atoms with Crippen LogP contribution in [0, 0.1) is 0 Å². The number of aryl methyl sites for hydroxylation is 1. The Bertz CT molecular complexity index is 597. The van der Waals surface area contributed by atoms with Crippen molar-refractivity contribution in [3.05, 3.63) is 64.1 Å². The number of nitrogens with one attached hydrogen (secondary N) is 2. The van der Waals surface area contributed by atoms with Crippen LogP contribution in [0.5, 0.6) is 0 Å². The molecule has 2 amide bonds.